The van der Waals surface area contributed by atoms with Gasteiger partial charge < -0.3 is 0 Å². The Kier molecular flexibility index (Phi) is 2.86. The Morgan fingerprint density at radius 3 is 3.00 bits per heavy atom. The van der Waals surface area contributed by atoms with E-state index in [1.807, 2.05) is 6.20 Å². The van der Waals surface area contributed by atoms with Crippen molar-refractivity contribution in [3.8, 4) is 0 Å². The van der Waals surface area contributed by atoms with E-state index in [0.717, 1.165) is 18.5 Å². The zero-order valence-corrected chi connectivity index (χ0v) is 11.7. The summed E-state index contributed by atoms with van der Waals surface area (Å²) in [4.78, 5) is 2.23. The summed E-state index contributed by atoms with van der Waals surface area (Å²) in [6.07, 6.45) is 2.86. The van der Waals surface area contributed by atoms with Crippen molar-refractivity contribution < 1.29 is 4.39 Å². The van der Waals surface area contributed by atoms with Crippen LogP contribution in [0, 0.1) is 0 Å². The molecule has 1 unspecified atom stereocenters. The molecule has 0 saturated carbocycles. The van der Waals surface area contributed by atoms with Crippen LogP contribution in [-0.2, 0) is 13.0 Å². The molecule has 0 radical (unpaired) electrons. The Balaban J connectivity index is 1.95. The molecule has 0 saturated heterocycles. The fraction of sp³-hybridized carbons (Fsp3) is 0.533. The van der Waals surface area contributed by atoms with Gasteiger partial charge in [0.2, 0.25) is 0 Å². The highest BCUT2D eigenvalue weighted by atomic mass is 19.1. The number of nitrogens with zero attached hydrogens (tertiary/aromatic N) is 2. The lowest BCUT2D eigenvalue weighted by atomic mass is 9.91. The van der Waals surface area contributed by atoms with Crippen LogP contribution < -0.4 is 0 Å². The van der Waals surface area contributed by atoms with Crippen molar-refractivity contribution in [2.75, 3.05) is 6.54 Å². The average Bonchev–Trinajstić information content (AvgIpc) is 2.77. The molecule has 2 aromatic rings. The van der Waals surface area contributed by atoms with E-state index in [0.29, 0.717) is 12.6 Å². The Morgan fingerprint density at radius 1 is 1.47 bits per heavy atom. The highest BCUT2D eigenvalue weighted by Crippen LogP contribution is 2.30. The predicted molar refractivity (Wildman–Crippen MR) is 74.9 cm³/mol. The first-order valence-corrected chi connectivity index (χ1v) is 6.81. The standard InChI is InChI=1S/C15H20FN3/c1-10-6-12-11(8-19(10)9-15(2,3)16)4-5-14-13(12)7-17-18-14/h4-5,7,10H,6,8-9H2,1-3H3,(H,17,18). The number of halogens is 1. The normalized spacial score (nSPS) is 20.7. The van der Waals surface area contributed by atoms with Crippen molar-refractivity contribution in [1.82, 2.24) is 15.1 Å². The molecule has 19 heavy (non-hydrogen) atoms. The summed E-state index contributed by atoms with van der Waals surface area (Å²) in [5.74, 6) is 0. The zero-order valence-electron chi connectivity index (χ0n) is 11.7. The van der Waals surface area contributed by atoms with Crippen LogP contribution in [0.1, 0.15) is 31.9 Å². The first kappa shape index (κ1) is 12.6. The van der Waals surface area contributed by atoms with Crippen LogP contribution in [0.5, 0.6) is 0 Å². The molecule has 1 aliphatic rings. The van der Waals surface area contributed by atoms with Crippen molar-refractivity contribution in [3.63, 3.8) is 0 Å². The molecule has 1 N–H and O–H groups in total. The van der Waals surface area contributed by atoms with Crippen molar-refractivity contribution >= 4 is 10.9 Å². The first-order chi connectivity index (χ1) is 8.94. The zero-order chi connectivity index (χ0) is 13.6. The number of rotatable bonds is 2. The van der Waals surface area contributed by atoms with E-state index in [2.05, 4.69) is 34.2 Å². The van der Waals surface area contributed by atoms with Gasteiger partial charge in [0.25, 0.3) is 0 Å². The van der Waals surface area contributed by atoms with E-state index in [-0.39, 0.29) is 0 Å². The SMILES string of the molecule is CC1Cc2c(ccc3[nH]ncc23)CN1CC(C)(C)F. The number of benzene rings is 1. The molecular formula is C15H20FN3. The van der Waals surface area contributed by atoms with Crippen LogP contribution in [0.25, 0.3) is 10.9 Å². The molecule has 0 aliphatic carbocycles. The molecule has 1 aromatic carbocycles. The third-order valence-corrected chi connectivity index (χ3v) is 3.91. The summed E-state index contributed by atoms with van der Waals surface area (Å²) in [5, 5.41) is 8.34. The molecule has 0 fully saturated rings. The maximum atomic E-state index is 13.9. The second-order valence-corrected chi connectivity index (χ2v) is 6.21. The van der Waals surface area contributed by atoms with Crippen molar-refractivity contribution in [2.24, 2.45) is 0 Å². The van der Waals surface area contributed by atoms with Gasteiger partial charge in [-0.15, -0.1) is 0 Å². The van der Waals surface area contributed by atoms with Gasteiger partial charge in [-0.25, -0.2) is 4.39 Å². The maximum Gasteiger partial charge on any atom is 0.118 e. The van der Waals surface area contributed by atoms with Crippen LogP contribution in [0.15, 0.2) is 18.3 Å². The summed E-state index contributed by atoms with van der Waals surface area (Å²) in [6, 6.07) is 4.57. The minimum absolute atomic E-state index is 0.364. The molecule has 3 rings (SSSR count). The van der Waals surface area contributed by atoms with Crippen LogP contribution in [-0.4, -0.2) is 33.4 Å². The van der Waals surface area contributed by atoms with Crippen molar-refractivity contribution in [3.05, 3.63) is 29.5 Å². The molecule has 3 nitrogen and oxygen atoms in total. The second-order valence-electron chi connectivity index (χ2n) is 6.21. The summed E-state index contributed by atoms with van der Waals surface area (Å²) in [5.41, 5.74) is 2.61. The van der Waals surface area contributed by atoms with Gasteiger partial charge in [0, 0.05) is 24.5 Å². The second kappa shape index (κ2) is 4.30. The number of nitrogens with one attached hydrogen (secondary N) is 1. The highest BCUT2D eigenvalue weighted by Gasteiger charge is 2.29. The summed E-state index contributed by atoms with van der Waals surface area (Å²) < 4.78 is 13.9. The minimum atomic E-state index is -1.15. The van der Waals surface area contributed by atoms with E-state index in [1.54, 1.807) is 13.8 Å². The van der Waals surface area contributed by atoms with Gasteiger partial charge in [-0.3, -0.25) is 10.00 Å². The molecule has 0 spiro atoms. The third-order valence-electron chi connectivity index (χ3n) is 3.91. The number of aromatic amines is 1. The summed E-state index contributed by atoms with van der Waals surface area (Å²) in [6.45, 7) is 6.78. The number of aromatic nitrogens is 2. The van der Waals surface area contributed by atoms with E-state index in [4.69, 9.17) is 0 Å². The lowest BCUT2D eigenvalue weighted by Gasteiger charge is -2.37. The molecule has 4 heteroatoms. The first-order valence-electron chi connectivity index (χ1n) is 6.81. The van der Waals surface area contributed by atoms with Crippen molar-refractivity contribution in [2.45, 2.75) is 45.4 Å². The Labute approximate surface area is 112 Å². The molecule has 0 bridgehead atoms. The van der Waals surface area contributed by atoms with Crippen LogP contribution in [0.3, 0.4) is 0 Å². The van der Waals surface area contributed by atoms with Crippen LogP contribution in [0.2, 0.25) is 0 Å². The molecule has 1 atom stereocenters. The molecule has 0 amide bonds. The Hall–Kier alpha value is -1.42. The van der Waals surface area contributed by atoms with E-state index < -0.39 is 5.67 Å². The molecule has 1 aliphatic heterocycles. The van der Waals surface area contributed by atoms with Gasteiger partial charge in [-0.2, -0.15) is 5.10 Å². The van der Waals surface area contributed by atoms with Gasteiger partial charge in [0.15, 0.2) is 0 Å². The molecular weight excluding hydrogens is 241 g/mol. The lowest BCUT2D eigenvalue weighted by Crippen LogP contribution is -2.44. The highest BCUT2D eigenvalue weighted by molar-refractivity contribution is 5.83. The number of fused-ring (bicyclic) bond motifs is 3. The third kappa shape index (κ3) is 2.37. The van der Waals surface area contributed by atoms with Gasteiger partial charge >= 0.3 is 0 Å². The quantitative estimate of drug-likeness (QED) is 0.901. The van der Waals surface area contributed by atoms with Crippen LogP contribution in [0.4, 0.5) is 4.39 Å². The Morgan fingerprint density at radius 2 is 2.26 bits per heavy atom. The fourth-order valence-corrected chi connectivity index (χ4v) is 3.00. The van der Waals surface area contributed by atoms with Gasteiger partial charge in [0.05, 0.1) is 11.7 Å². The van der Waals surface area contributed by atoms with Gasteiger partial charge in [0.1, 0.15) is 5.67 Å². The monoisotopic (exact) mass is 261 g/mol. The topological polar surface area (TPSA) is 31.9 Å². The fourth-order valence-electron chi connectivity index (χ4n) is 3.00. The molecule has 2 heterocycles. The predicted octanol–water partition coefficient (Wildman–Crippen LogP) is 3.06. The van der Waals surface area contributed by atoms with Crippen molar-refractivity contribution in [1.29, 1.82) is 0 Å². The van der Waals surface area contributed by atoms with Gasteiger partial charge in [-0.05, 0) is 44.4 Å². The molecule has 102 valence electrons. The average molecular weight is 261 g/mol. The lowest BCUT2D eigenvalue weighted by molar-refractivity contribution is 0.0863. The maximum absolute atomic E-state index is 13.9. The smallest absolute Gasteiger partial charge is 0.118 e. The van der Waals surface area contributed by atoms with E-state index >= 15 is 0 Å². The number of H-pyrrole nitrogens is 1. The minimum Gasteiger partial charge on any atom is -0.293 e. The largest absolute Gasteiger partial charge is 0.293 e. The molecule has 1 aromatic heterocycles. The van der Waals surface area contributed by atoms with Crippen LogP contribution >= 0.6 is 0 Å². The summed E-state index contributed by atoms with van der Waals surface area (Å²) in [7, 11) is 0. The number of hydrogen-bond acceptors (Lipinski definition) is 2. The summed E-state index contributed by atoms with van der Waals surface area (Å²) >= 11 is 0. The number of alkyl halides is 1. The number of hydrogen-bond donors (Lipinski definition) is 1. The van der Waals surface area contributed by atoms with E-state index in [9.17, 15) is 4.39 Å². The van der Waals surface area contributed by atoms with Gasteiger partial charge in [-0.1, -0.05) is 6.07 Å². The Bertz CT molecular complexity index is 597. The van der Waals surface area contributed by atoms with E-state index in [1.165, 1.54) is 16.5 Å².